The van der Waals surface area contributed by atoms with Crippen LogP contribution in [-0.4, -0.2) is 29.1 Å². The van der Waals surface area contributed by atoms with Crippen molar-refractivity contribution in [1.82, 2.24) is 10.3 Å². The lowest BCUT2D eigenvalue weighted by Gasteiger charge is -1.99. The fourth-order valence-corrected chi connectivity index (χ4v) is 1.71. The van der Waals surface area contributed by atoms with Crippen LogP contribution in [0.4, 0.5) is 0 Å². The van der Waals surface area contributed by atoms with Crippen molar-refractivity contribution in [2.45, 2.75) is 19.8 Å². The van der Waals surface area contributed by atoms with Gasteiger partial charge in [-0.3, -0.25) is 4.79 Å². The number of aliphatic hydroxyl groups is 1. The van der Waals surface area contributed by atoms with E-state index in [1.54, 1.807) is 17.4 Å². The number of nitrogens with one attached hydrogen (secondary N) is 1. The van der Waals surface area contributed by atoms with Gasteiger partial charge in [-0.05, 0) is 25.8 Å². The molecule has 4 nitrogen and oxygen atoms in total. The van der Waals surface area contributed by atoms with Crippen molar-refractivity contribution in [1.29, 1.82) is 0 Å². The van der Waals surface area contributed by atoms with E-state index in [1.807, 2.05) is 12.3 Å². The Kier molecular flexibility index (Phi) is 5.74. The zero-order chi connectivity index (χ0) is 11.8. The van der Waals surface area contributed by atoms with E-state index < -0.39 is 0 Å². The van der Waals surface area contributed by atoms with Gasteiger partial charge in [-0.1, -0.05) is 0 Å². The van der Waals surface area contributed by atoms with Crippen molar-refractivity contribution < 1.29 is 9.90 Å². The summed E-state index contributed by atoms with van der Waals surface area (Å²) in [5.41, 5.74) is 0.813. The van der Waals surface area contributed by atoms with E-state index in [-0.39, 0.29) is 12.5 Å². The molecule has 0 bridgehead atoms. The minimum atomic E-state index is -0.122. The third kappa shape index (κ3) is 5.04. The molecule has 1 aromatic rings. The van der Waals surface area contributed by atoms with Crippen molar-refractivity contribution >= 4 is 23.3 Å². The van der Waals surface area contributed by atoms with Gasteiger partial charge in [-0.15, -0.1) is 11.3 Å². The normalized spacial score (nSPS) is 10.9. The smallest absolute Gasteiger partial charge is 0.244 e. The van der Waals surface area contributed by atoms with Crippen LogP contribution < -0.4 is 5.32 Å². The first kappa shape index (κ1) is 12.9. The van der Waals surface area contributed by atoms with Crippen LogP contribution in [0, 0.1) is 6.92 Å². The highest BCUT2D eigenvalue weighted by atomic mass is 32.1. The highest BCUT2D eigenvalue weighted by molar-refractivity contribution is 7.09. The third-order valence-electron chi connectivity index (χ3n) is 1.93. The maximum Gasteiger partial charge on any atom is 0.244 e. The number of unbranched alkanes of at least 4 members (excludes halogenated alkanes) is 1. The Morgan fingerprint density at radius 2 is 2.44 bits per heavy atom. The van der Waals surface area contributed by atoms with Gasteiger partial charge in [-0.2, -0.15) is 0 Å². The maximum atomic E-state index is 11.3. The second kappa shape index (κ2) is 7.14. The number of aliphatic hydroxyl groups excluding tert-OH is 1. The standard InChI is InChI=1S/C11H16N2O2S/c1-9-13-10(8-16-9)4-5-11(15)12-6-2-3-7-14/h4-5,8,14H,2-3,6-7H2,1H3,(H,12,15)/b5-4+. The van der Waals surface area contributed by atoms with E-state index in [0.29, 0.717) is 6.54 Å². The fraction of sp³-hybridized carbons (Fsp3) is 0.455. The summed E-state index contributed by atoms with van der Waals surface area (Å²) in [4.78, 5) is 15.5. The van der Waals surface area contributed by atoms with E-state index in [0.717, 1.165) is 23.5 Å². The lowest BCUT2D eigenvalue weighted by Crippen LogP contribution is -2.22. The summed E-state index contributed by atoms with van der Waals surface area (Å²) in [6.45, 7) is 2.70. The molecule has 1 amide bonds. The summed E-state index contributed by atoms with van der Waals surface area (Å²) in [5.74, 6) is -0.122. The molecular weight excluding hydrogens is 224 g/mol. The molecule has 0 aliphatic carbocycles. The highest BCUT2D eigenvalue weighted by Gasteiger charge is 1.96. The first-order chi connectivity index (χ1) is 7.72. The molecule has 0 fully saturated rings. The molecule has 1 heterocycles. The van der Waals surface area contributed by atoms with E-state index in [9.17, 15) is 4.79 Å². The largest absolute Gasteiger partial charge is 0.396 e. The van der Waals surface area contributed by atoms with E-state index in [2.05, 4.69) is 10.3 Å². The first-order valence-corrected chi connectivity index (χ1v) is 6.09. The molecule has 1 rings (SSSR count). The molecule has 88 valence electrons. The molecule has 0 aliphatic rings. The Morgan fingerprint density at radius 3 is 3.06 bits per heavy atom. The Bertz CT molecular complexity index is 361. The zero-order valence-corrected chi connectivity index (χ0v) is 10.1. The number of thiazole rings is 1. The third-order valence-corrected chi connectivity index (χ3v) is 2.72. The molecular formula is C11H16N2O2S. The van der Waals surface area contributed by atoms with Gasteiger partial charge < -0.3 is 10.4 Å². The molecule has 5 heteroatoms. The van der Waals surface area contributed by atoms with Crippen LogP contribution in [0.1, 0.15) is 23.5 Å². The molecule has 0 aliphatic heterocycles. The van der Waals surface area contributed by atoms with Crippen LogP contribution in [0.25, 0.3) is 6.08 Å². The van der Waals surface area contributed by atoms with E-state index in [1.165, 1.54) is 6.08 Å². The van der Waals surface area contributed by atoms with Crippen molar-refractivity contribution in [3.05, 3.63) is 22.2 Å². The minimum absolute atomic E-state index is 0.122. The van der Waals surface area contributed by atoms with Crippen LogP contribution in [0.15, 0.2) is 11.5 Å². The summed E-state index contributed by atoms with van der Waals surface area (Å²) >= 11 is 1.56. The number of rotatable bonds is 6. The van der Waals surface area contributed by atoms with Gasteiger partial charge in [-0.25, -0.2) is 4.98 Å². The molecule has 0 aromatic carbocycles. The SMILES string of the molecule is Cc1nc(/C=C/C(=O)NCCCCO)cs1. The van der Waals surface area contributed by atoms with Crippen LogP contribution in [0.5, 0.6) is 0 Å². The fourth-order valence-electron chi connectivity index (χ4n) is 1.13. The van der Waals surface area contributed by atoms with Crippen LogP contribution in [-0.2, 0) is 4.79 Å². The molecule has 2 N–H and O–H groups in total. The number of hydrogen-bond donors (Lipinski definition) is 2. The lowest BCUT2D eigenvalue weighted by molar-refractivity contribution is -0.116. The number of nitrogens with zero attached hydrogens (tertiary/aromatic N) is 1. The van der Waals surface area contributed by atoms with Crippen LogP contribution in [0.3, 0.4) is 0 Å². The predicted octanol–water partition coefficient (Wildman–Crippen LogP) is 1.35. The Balaban J connectivity index is 2.26. The highest BCUT2D eigenvalue weighted by Crippen LogP contribution is 2.08. The number of carbonyl (C=O) groups excluding carboxylic acids is 1. The second-order valence-electron chi connectivity index (χ2n) is 3.35. The molecule has 0 unspecified atom stereocenters. The van der Waals surface area contributed by atoms with Gasteiger partial charge in [0, 0.05) is 24.6 Å². The topological polar surface area (TPSA) is 62.2 Å². The number of amides is 1. The quantitative estimate of drug-likeness (QED) is 0.583. The molecule has 0 radical (unpaired) electrons. The summed E-state index contributed by atoms with van der Waals surface area (Å²) in [6.07, 6.45) is 4.69. The van der Waals surface area contributed by atoms with Crippen molar-refractivity contribution in [2.24, 2.45) is 0 Å². The van der Waals surface area contributed by atoms with Crippen LogP contribution in [0.2, 0.25) is 0 Å². The Morgan fingerprint density at radius 1 is 1.62 bits per heavy atom. The van der Waals surface area contributed by atoms with Gasteiger partial charge in [0.15, 0.2) is 0 Å². The van der Waals surface area contributed by atoms with Gasteiger partial charge in [0.1, 0.15) is 0 Å². The average molecular weight is 240 g/mol. The minimum Gasteiger partial charge on any atom is -0.396 e. The van der Waals surface area contributed by atoms with E-state index in [4.69, 9.17) is 5.11 Å². The molecule has 0 saturated heterocycles. The maximum absolute atomic E-state index is 11.3. The number of carbonyl (C=O) groups is 1. The summed E-state index contributed by atoms with van der Waals surface area (Å²) in [5, 5.41) is 14.2. The van der Waals surface area contributed by atoms with Gasteiger partial charge >= 0.3 is 0 Å². The van der Waals surface area contributed by atoms with Crippen LogP contribution >= 0.6 is 11.3 Å². The summed E-state index contributed by atoms with van der Waals surface area (Å²) in [7, 11) is 0. The molecule has 0 atom stereocenters. The summed E-state index contributed by atoms with van der Waals surface area (Å²) in [6, 6.07) is 0. The average Bonchev–Trinajstić information content (AvgIpc) is 2.68. The van der Waals surface area contributed by atoms with E-state index >= 15 is 0 Å². The summed E-state index contributed by atoms with van der Waals surface area (Å²) < 4.78 is 0. The van der Waals surface area contributed by atoms with Crippen molar-refractivity contribution in [3.63, 3.8) is 0 Å². The lowest BCUT2D eigenvalue weighted by atomic mass is 10.3. The Labute approximate surface area is 99.0 Å². The van der Waals surface area contributed by atoms with Gasteiger partial charge in [0.25, 0.3) is 0 Å². The molecule has 0 spiro atoms. The predicted molar refractivity (Wildman–Crippen MR) is 65.2 cm³/mol. The Hall–Kier alpha value is -1.20. The zero-order valence-electron chi connectivity index (χ0n) is 9.27. The van der Waals surface area contributed by atoms with Crippen molar-refractivity contribution in [2.75, 3.05) is 13.2 Å². The number of hydrogen-bond acceptors (Lipinski definition) is 4. The second-order valence-corrected chi connectivity index (χ2v) is 4.41. The molecule has 1 aromatic heterocycles. The van der Waals surface area contributed by atoms with Crippen molar-refractivity contribution in [3.8, 4) is 0 Å². The number of aromatic nitrogens is 1. The monoisotopic (exact) mass is 240 g/mol. The van der Waals surface area contributed by atoms with Gasteiger partial charge in [0.2, 0.25) is 5.91 Å². The first-order valence-electron chi connectivity index (χ1n) is 5.21. The molecule has 0 saturated carbocycles. The van der Waals surface area contributed by atoms with Gasteiger partial charge in [0.05, 0.1) is 10.7 Å². The molecule has 16 heavy (non-hydrogen) atoms. The number of aryl methyl sites for hydroxylation is 1.